The van der Waals surface area contributed by atoms with Gasteiger partial charge in [0.15, 0.2) is 0 Å². The lowest BCUT2D eigenvalue weighted by atomic mass is 9.48. The highest BCUT2D eigenvalue weighted by molar-refractivity contribution is 5.87. The Kier molecular flexibility index (Phi) is 6.01. The fraction of sp³-hybridized carbons (Fsp3) is 0.613. The predicted molar refractivity (Wildman–Crippen MR) is 139 cm³/mol. The second kappa shape index (κ2) is 8.64. The number of allylic oxidation sites excluding steroid dienone is 3. The van der Waals surface area contributed by atoms with E-state index in [0.717, 1.165) is 44.9 Å². The summed E-state index contributed by atoms with van der Waals surface area (Å²) in [5, 5.41) is 12.9. The van der Waals surface area contributed by atoms with Gasteiger partial charge in [0, 0.05) is 17.0 Å². The normalized spacial score (nSPS) is 36.2. The molecule has 0 radical (unpaired) electrons. The maximum absolute atomic E-state index is 13.7. The number of nitrogens with one attached hydrogen (secondary N) is 1. The molecular formula is C31H41NO3. The topological polar surface area (TPSA) is 66.4 Å². The summed E-state index contributed by atoms with van der Waals surface area (Å²) in [6.45, 7) is 9.04. The minimum atomic E-state index is -0.772. The third-order valence-corrected chi connectivity index (χ3v) is 10.3. The molecule has 2 saturated carbocycles. The third kappa shape index (κ3) is 4.17. The van der Waals surface area contributed by atoms with Crippen LogP contribution in [0, 0.1) is 34.5 Å². The van der Waals surface area contributed by atoms with E-state index in [2.05, 4.69) is 63.4 Å². The van der Waals surface area contributed by atoms with Crippen LogP contribution in [0.25, 0.3) is 0 Å². The van der Waals surface area contributed by atoms with Gasteiger partial charge in [-0.25, -0.2) is 4.79 Å². The van der Waals surface area contributed by atoms with Crippen molar-refractivity contribution < 1.29 is 14.7 Å². The molecule has 0 heterocycles. The SMILES string of the molecule is CC(C)(Cc1ccccc1)NC(=O)[C@H]1CC[C@H]2[C@@H]3CC=C4C=C(C(=O)O)CC[C@]4(C)[C@H]3CC[C@]12C. The van der Waals surface area contributed by atoms with E-state index in [9.17, 15) is 14.7 Å². The van der Waals surface area contributed by atoms with Crippen molar-refractivity contribution in [3.05, 3.63) is 59.2 Å². The first kappa shape index (κ1) is 24.3. The van der Waals surface area contributed by atoms with Gasteiger partial charge in [-0.05, 0) is 111 Å². The molecule has 188 valence electrons. The number of benzene rings is 1. The van der Waals surface area contributed by atoms with E-state index in [-0.39, 0.29) is 28.2 Å². The fourth-order valence-corrected chi connectivity index (χ4v) is 8.50. The zero-order valence-electron chi connectivity index (χ0n) is 21.8. The molecule has 35 heavy (non-hydrogen) atoms. The Morgan fingerprint density at radius 1 is 1.06 bits per heavy atom. The predicted octanol–water partition coefficient (Wildman–Crippen LogP) is 6.32. The molecule has 0 bridgehead atoms. The van der Waals surface area contributed by atoms with E-state index in [1.54, 1.807) is 0 Å². The lowest BCUT2D eigenvalue weighted by molar-refractivity contribution is -0.133. The summed E-state index contributed by atoms with van der Waals surface area (Å²) in [4.78, 5) is 25.3. The molecule has 2 fully saturated rings. The van der Waals surface area contributed by atoms with Crippen molar-refractivity contribution in [3.63, 3.8) is 0 Å². The van der Waals surface area contributed by atoms with Gasteiger partial charge in [-0.2, -0.15) is 0 Å². The number of carbonyl (C=O) groups excluding carboxylic acids is 1. The van der Waals surface area contributed by atoms with Crippen LogP contribution in [-0.2, 0) is 16.0 Å². The van der Waals surface area contributed by atoms with Crippen molar-refractivity contribution in [2.75, 3.05) is 0 Å². The van der Waals surface area contributed by atoms with E-state index < -0.39 is 5.97 Å². The number of hydrogen-bond donors (Lipinski definition) is 2. The molecule has 5 rings (SSSR count). The summed E-state index contributed by atoms with van der Waals surface area (Å²) in [7, 11) is 0. The first-order valence-corrected chi connectivity index (χ1v) is 13.5. The van der Waals surface area contributed by atoms with E-state index in [0.29, 0.717) is 29.7 Å². The summed E-state index contributed by atoms with van der Waals surface area (Å²) < 4.78 is 0. The smallest absolute Gasteiger partial charge is 0.331 e. The van der Waals surface area contributed by atoms with Crippen LogP contribution in [0.4, 0.5) is 0 Å². The lowest BCUT2D eigenvalue weighted by Crippen LogP contribution is -2.53. The van der Waals surface area contributed by atoms with Gasteiger partial charge in [0.25, 0.3) is 0 Å². The van der Waals surface area contributed by atoms with Crippen LogP contribution in [0.3, 0.4) is 0 Å². The zero-order valence-corrected chi connectivity index (χ0v) is 21.8. The standard InChI is InChI=1S/C31H41NO3/c1-29(2,19-20-8-6-5-7-9-20)32-27(33)26-13-12-24-23-11-10-22-18-21(28(34)35)14-16-30(22,3)25(23)15-17-31(24,26)4/h5-10,18,23-26H,11-17,19H2,1-4H3,(H,32,33)(H,34,35)/t23-,24-,25-,26+,30-,31-/m0/s1. The molecule has 0 saturated heterocycles. The lowest BCUT2D eigenvalue weighted by Gasteiger charge is -2.57. The summed E-state index contributed by atoms with van der Waals surface area (Å²) in [6, 6.07) is 10.4. The number of aliphatic carboxylic acids is 1. The fourth-order valence-electron chi connectivity index (χ4n) is 8.50. The van der Waals surface area contributed by atoms with Crippen LogP contribution in [0.2, 0.25) is 0 Å². The maximum atomic E-state index is 13.7. The van der Waals surface area contributed by atoms with Gasteiger partial charge < -0.3 is 10.4 Å². The van der Waals surface area contributed by atoms with E-state index in [4.69, 9.17) is 0 Å². The highest BCUT2D eigenvalue weighted by atomic mass is 16.4. The molecule has 1 aromatic carbocycles. The van der Waals surface area contributed by atoms with E-state index in [1.165, 1.54) is 11.1 Å². The molecule has 1 aromatic rings. The molecule has 0 aromatic heterocycles. The van der Waals surface area contributed by atoms with Crippen molar-refractivity contribution in [1.82, 2.24) is 5.32 Å². The molecule has 0 aliphatic heterocycles. The minimum absolute atomic E-state index is 0.0481. The molecule has 0 unspecified atom stereocenters. The minimum Gasteiger partial charge on any atom is -0.478 e. The van der Waals surface area contributed by atoms with Crippen LogP contribution < -0.4 is 5.32 Å². The highest BCUT2D eigenvalue weighted by Crippen LogP contribution is 2.66. The molecule has 4 nitrogen and oxygen atoms in total. The van der Waals surface area contributed by atoms with E-state index >= 15 is 0 Å². The van der Waals surface area contributed by atoms with Crippen LogP contribution in [0.15, 0.2) is 53.6 Å². The number of carboxylic acid groups (broad SMARTS) is 1. The van der Waals surface area contributed by atoms with Crippen LogP contribution >= 0.6 is 0 Å². The van der Waals surface area contributed by atoms with Crippen molar-refractivity contribution in [1.29, 1.82) is 0 Å². The second-order valence-electron chi connectivity index (χ2n) is 12.9. The van der Waals surface area contributed by atoms with Crippen molar-refractivity contribution >= 4 is 11.9 Å². The Morgan fingerprint density at radius 2 is 1.80 bits per heavy atom. The van der Waals surface area contributed by atoms with Gasteiger partial charge in [0.2, 0.25) is 5.91 Å². The molecular weight excluding hydrogens is 434 g/mol. The number of carboxylic acids is 1. The third-order valence-electron chi connectivity index (χ3n) is 10.3. The van der Waals surface area contributed by atoms with Crippen molar-refractivity contribution in [2.24, 2.45) is 34.5 Å². The van der Waals surface area contributed by atoms with Crippen molar-refractivity contribution in [3.8, 4) is 0 Å². The monoisotopic (exact) mass is 475 g/mol. The number of rotatable bonds is 5. The van der Waals surface area contributed by atoms with Gasteiger partial charge in [-0.3, -0.25) is 4.79 Å². The first-order chi connectivity index (χ1) is 16.5. The average molecular weight is 476 g/mol. The molecule has 4 aliphatic rings. The van der Waals surface area contributed by atoms with Gasteiger partial charge in [-0.1, -0.05) is 50.3 Å². The molecule has 0 spiro atoms. The Hall–Kier alpha value is -2.36. The maximum Gasteiger partial charge on any atom is 0.331 e. The number of carbonyl (C=O) groups is 2. The summed E-state index contributed by atoms with van der Waals surface area (Å²) in [6.07, 6.45) is 12.1. The van der Waals surface area contributed by atoms with Crippen LogP contribution in [0.5, 0.6) is 0 Å². The Balaban J connectivity index is 1.33. The molecule has 4 aliphatic carbocycles. The quantitative estimate of drug-likeness (QED) is 0.523. The largest absolute Gasteiger partial charge is 0.478 e. The summed E-state index contributed by atoms with van der Waals surface area (Å²) in [5.74, 6) is 1.28. The highest BCUT2D eigenvalue weighted by Gasteiger charge is 2.59. The number of amides is 1. The molecule has 2 N–H and O–H groups in total. The molecule has 4 heteroatoms. The number of fused-ring (bicyclic) bond motifs is 5. The second-order valence-corrected chi connectivity index (χ2v) is 12.9. The number of hydrogen-bond acceptors (Lipinski definition) is 2. The van der Waals surface area contributed by atoms with Crippen LogP contribution in [0.1, 0.15) is 78.2 Å². The Morgan fingerprint density at radius 3 is 2.51 bits per heavy atom. The Bertz CT molecular complexity index is 1070. The van der Waals surface area contributed by atoms with Gasteiger partial charge in [-0.15, -0.1) is 0 Å². The van der Waals surface area contributed by atoms with Gasteiger partial charge >= 0.3 is 5.97 Å². The summed E-state index contributed by atoms with van der Waals surface area (Å²) in [5.41, 5.74) is 2.90. The zero-order chi connectivity index (χ0) is 25.0. The first-order valence-electron chi connectivity index (χ1n) is 13.5. The molecule has 1 amide bonds. The van der Waals surface area contributed by atoms with Gasteiger partial charge in [0.05, 0.1) is 0 Å². The van der Waals surface area contributed by atoms with Crippen LogP contribution in [-0.4, -0.2) is 22.5 Å². The molecule has 6 atom stereocenters. The van der Waals surface area contributed by atoms with Crippen molar-refractivity contribution in [2.45, 2.75) is 84.6 Å². The summed E-state index contributed by atoms with van der Waals surface area (Å²) >= 11 is 0. The Labute approximate surface area is 210 Å². The van der Waals surface area contributed by atoms with Gasteiger partial charge in [0.1, 0.15) is 0 Å². The average Bonchev–Trinajstić information content (AvgIpc) is 3.16. The van der Waals surface area contributed by atoms with E-state index in [1.807, 2.05) is 12.1 Å².